The van der Waals surface area contributed by atoms with E-state index in [1.165, 1.54) is 11.6 Å². The molecule has 0 saturated heterocycles. The van der Waals surface area contributed by atoms with Gasteiger partial charge in [-0.1, -0.05) is 6.07 Å². The van der Waals surface area contributed by atoms with Crippen molar-refractivity contribution in [1.29, 1.82) is 0 Å². The smallest absolute Gasteiger partial charge is 0.335 e. The lowest BCUT2D eigenvalue weighted by molar-refractivity contribution is 0.0696. The number of aryl methyl sites for hydroxylation is 1. The van der Waals surface area contributed by atoms with Gasteiger partial charge >= 0.3 is 5.97 Å². The molecule has 1 aromatic carbocycles. The third kappa shape index (κ3) is 2.29. The van der Waals surface area contributed by atoms with Crippen LogP contribution in [-0.4, -0.2) is 16.1 Å². The van der Waals surface area contributed by atoms with Crippen molar-refractivity contribution in [2.75, 3.05) is 0 Å². The van der Waals surface area contributed by atoms with Crippen LogP contribution < -0.4 is 0 Å². The molecule has 1 unspecified atom stereocenters. The normalized spacial score (nSPS) is 17.6. The molecular weight excluding hydrogens is 257 g/mol. The Morgan fingerprint density at radius 3 is 3.00 bits per heavy atom. The van der Waals surface area contributed by atoms with Crippen molar-refractivity contribution < 1.29 is 14.3 Å². The Hall–Kier alpha value is -2.23. The second kappa shape index (κ2) is 5.04. The molecule has 3 nitrogen and oxygen atoms in total. The Labute approximate surface area is 116 Å². The maximum Gasteiger partial charge on any atom is 0.335 e. The van der Waals surface area contributed by atoms with Crippen LogP contribution in [0.2, 0.25) is 0 Å². The van der Waals surface area contributed by atoms with Crippen LogP contribution in [0.1, 0.15) is 45.9 Å². The van der Waals surface area contributed by atoms with E-state index in [9.17, 15) is 9.18 Å². The van der Waals surface area contributed by atoms with Crippen molar-refractivity contribution in [3.05, 3.63) is 64.7 Å². The minimum Gasteiger partial charge on any atom is -0.478 e. The fraction of sp³-hybridized carbons (Fsp3) is 0.250. The number of halogens is 1. The number of fused-ring (bicyclic) bond motifs is 1. The van der Waals surface area contributed by atoms with Crippen LogP contribution in [0.15, 0.2) is 36.5 Å². The molecule has 0 bridgehead atoms. The zero-order valence-electron chi connectivity index (χ0n) is 10.8. The Morgan fingerprint density at radius 1 is 1.35 bits per heavy atom. The highest BCUT2D eigenvalue weighted by atomic mass is 19.1. The van der Waals surface area contributed by atoms with Gasteiger partial charge in [-0.05, 0) is 54.7 Å². The lowest BCUT2D eigenvalue weighted by Crippen LogP contribution is -2.14. The highest BCUT2D eigenvalue weighted by Crippen LogP contribution is 2.35. The molecule has 0 radical (unpaired) electrons. The standard InChI is InChI=1S/C16H14FNO2/c17-13-8-11(7-12(9-13)16(19)20)14-5-1-3-10-4-2-6-18-15(10)14/h2,4,6-9,14H,1,3,5H2,(H,19,20). The predicted molar refractivity (Wildman–Crippen MR) is 72.4 cm³/mol. The number of nitrogens with zero attached hydrogens (tertiary/aromatic N) is 1. The van der Waals surface area contributed by atoms with E-state index in [1.54, 1.807) is 12.3 Å². The van der Waals surface area contributed by atoms with Gasteiger partial charge in [0.05, 0.1) is 11.3 Å². The van der Waals surface area contributed by atoms with Crippen molar-refractivity contribution in [3.8, 4) is 0 Å². The van der Waals surface area contributed by atoms with Crippen LogP contribution in [0.5, 0.6) is 0 Å². The van der Waals surface area contributed by atoms with Crippen molar-refractivity contribution in [2.24, 2.45) is 0 Å². The first kappa shape index (κ1) is 12.8. The first-order chi connectivity index (χ1) is 9.65. The number of pyridine rings is 1. The summed E-state index contributed by atoms with van der Waals surface area (Å²) >= 11 is 0. The molecule has 20 heavy (non-hydrogen) atoms. The summed E-state index contributed by atoms with van der Waals surface area (Å²) in [5, 5.41) is 9.05. The van der Waals surface area contributed by atoms with Crippen molar-refractivity contribution >= 4 is 5.97 Å². The predicted octanol–water partition coefficient (Wildman–Crippen LogP) is 3.39. The molecule has 1 aliphatic carbocycles. The minimum absolute atomic E-state index is 0.0111. The first-order valence-corrected chi connectivity index (χ1v) is 6.63. The Kier molecular flexibility index (Phi) is 3.22. The third-order valence-corrected chi connectivity index (χ3v) is 3.76. The maximum atomic E-state index is 13.6. The monoisotopic (exact) mass is 271 g/mol. The number of hydrogen-bond donors (Lipinski definition) is 1. The molecule has 0 fully saturated rings. The molecule has 0 saturated carbocycles. The molecular formula is C16H14FNO2. The summed E-state index contributed by atoms with van der Waals surface area (Å²) in [6.45, 7) is 0. The largest absolute Gasteiger partial charge is 0.478 e. The van der Waals surface area contributed by atoms with E-state index in [0.717, 1.165) is 31.0 Å². The second-order valence-corrected chi connectivity index (χ2v) is 5.07. The van der Waals surface area contributed by atoms with Gasteiger partial charge in [0.25, 0.3) is 0 Å². The molecule has 1 heterocycles. The number of carboxylic acid groups (broad SMARTS) is 1. The summed E-state index contributed by atoms with van der Waals surface area (Å²) in [4.78, 5) is 15.5. The van der Waals surface area contributed by atoms with E-state index in [0.29, 0.717) is 5.56 Å². The molecule has 1 atom stereocenters. The van der Waals surface area contributed by atoms with Gasteiger partial charge in [-0.15, -0.1) is 0 Å². The molecule has 1 aliphatic rings. The summed E-state index contributed by atoms with van der Waals surface area (Å²) in [5.41, 5.74) is 2.80. The molecule has 4 heteroatoms. The summed E-state index contributed by atoms with van der Waals surface area (Å²) in [6.07, 6.45) is 4.57. The van der Waals surface area contributed by atoms with Crippen LogP contribution in [0, 0.1) is 5.82 Å². The number of benzene rings is 1. The van der Waals surface area contributed by atoms with Gasteiger partial charge in [-0.2, -0.15) is 0 Å². The third-order valence-electron chi connectivity index (χ3n) is 3.76. The molecule has 0 spiro atoms. The van der Waals surface area contributed by atoms with Gasteiger partial charge in [0.15, 0.2) is 0 Å². The lowest BCUT2D eigenvalue weighted by Gasteiger charge is -2.24. The zero-order valence-corrected chi connectivity index (χ0v) is 10.8. The number of rotatable bonds is 2. The summed E-state index contributed by atoms with van der Waals surface area (Å²) in [5.74, 6) is -1.64. The van der Waals surface area contributed by atoms with Crippen LogP contribution in [0.25, 0.3) is 0 Å². The topological polar surface area (TPSA) is 50.2 Å². The number of carbonyl (C=O) groups is 1. The van der Waals surface area contributed by atoms with Crippen molar-refractivity contribution in [1.82, 2.24) is 4.98 Å². The summed E-state index contributed by atoms with van der Waals surface area (Å²) in [6, 6.07) is 7.95. The summed E-state index contributed by atoms with van der Waals surface area (Å²) in [7, 11) is 0. The molecule has 102 valence electrons. The van der Waals surface area contributed by atoms with E-state index >= 15 is 0 Å². The van der Waals surface area contributed by atoms with Gasteiger partial charge in [0, 0.05) is 12.1 Å². The number of aromatic nitrogens is 1. The number of carboxylic acids is 1. The Balaban J connectivity index is 2.08. The van der Waals surface area contributed by atoms with E-state index in [1.807, 2.05) is 12.1 Å². The van der Waals surface area contributed by atoms with Gasteiger partial charge in [-0.25, -0.2) is 9.18 Å². The van der Waals surface area contributed by atoms with Crippen molar-refractivity contribution in [2.45, 2.75) is 25.2 Å². The fourth-order valence-corrected chi connectivity index (χ4v) is 2.87. The molecule has 0 aliphatic heterocycles. The lowest BCUT2D eigenvalue weighted by atomic mass is 9.82. The maximum absolute atomic E-state index is 13.6. The van der Waals surface area contributed by atoms with Gasteiger partial charge in [0.2, 0.25) is 0 Å². The average Bonchev–Trinajstić information content (AvgIpc) is 2.46. The number of hydrogen-bond acceptors (Lipinski definition) is 2. The van der Waals surface area contributed by atoms with Crippen LogP contribution in [0.3, 0.4) is 0 Å². The molecule has 1 aromatic heterocycles. The van der Waals surface area contributed by atoms with E-state index in [2.05, 4.69) is 4.98 Å². The van der Waals surface area contributed by atoms with Gasteiger partial charge in [-0.3, -0.25) is 4.98 Å². The Bertz CT molecular complexity index is 669. The molecule has 3 rings (SSSR count). The van der Waals surface area contributed by atoms with Crippen LogP contribution >= 0.6 is 0 Å². The number of aromatic carboxylic acids is 1. The zero-order chi connectivity index (χ0) is 14.1. The van der Waals surface area contributed by atoms with Crippen LogP contribution in [0.4, 0.5) is 4.39 Å². The van der Waals surface area contributed by atoms with E-state index in [4.69, 9.17) is 5.11 Å². The molecule has 2 aromatic rings. The summed E-state index contributed by atoms with van der Waals surface area (Å²) < 4.78 is 13.6. The molecule has 0 amide bonds. The van der Waals surface area contributed by atoms with Crippen molar-refractivity contribution in [3.63, 3.8) is 0 Å². The SMILES string of the molecule is O=C(O)c1cc(F)cc(C2CCCc3cccnc32)c1. The van der Waals surface area contributed by atoms with Gasteiger partial charge < -0.3 is 5.11 Å². The van der Waals surface area contributed by atoms with E-state index in [-0.39, 0.29) is 11.5 Å². The Morgan fingerprint density at radius 2 is 2.20 bits per heavy atom. The highest BCUT2D eigenvalue weighted by molar-refractivity contribution is 5.87. The highest BCUT2D eigenvalue weighted by Gasteiger charge is 2.24. The second-order valence-electron chi connectivity index (χ2n) is 5.07. The van der Waals surface area contributed by atoms with Gasteiger partial charge in [0.1, 0.15) is 5.82 Å². The first-order valence-electron chi connectivity index (χ1n) is 6.63. The quantitative estimate of drug-likeness (QED) is 0.910. The van der Waals surface area contributed by atoms with E-state index < -0.39 is 11.8 Å². The van der Waals surface area contributed by atoms with Crippen LogP contribution in [-0.2, 0) is 6.42 Å². The minimum atomic E-state index is -1.11. The molecule has 1 N–H and O–H groups in total. The fourth-order valence-electron chi connectivity index (χ4n) is 2.87. The average molecular weight is 271 g/mol.